The van der Waals surface area contributed by atoms with Crippen LogP contribution in [-0.2, 0) is 14.8 Å². The van der Waals surface area contributed by atoms with Gasteiger partial charge in [-0.25, -0.2) is 17.6 Å². The SMILES string of the molecule is COc1cc(NC(=O)CN2C(=O)N(c3ccc(F)cc3)S(=O)(=O)c3ccccc32)cc(OC)c1OC. The van der Waals surface area contributed by atoms with E-state index >= 15 is 0 Å². The van der Waals surface area contributed by atoms with Gasteiger partial charge >= 0.3 is 6.03 Å². The first-order chi connectivity index (χ1) is 17.2. The van der Waals surface area contributed by atoms with E-state index in [1.165, 1.54) is 63.8 Å². The van der Waals surface area contributed by atoms with Gasteiger partial charge < -0.3 is 19.5 Å². The van der Waals surface area contributed by atoms with Crippen molar-refractivity contribution in [2.75, 3.05) is 42.4 Å². The Morgan fingerprint density at radius 1 is 0.944 bits per heavy atom. The molecule has 1 heterocycles. The summed E-state index contributed by atoms with van der Waals surface area (Å²) in [6.45, 7) is -0.514. The van der Waals surface area contributed by atoms with Gasteiger partial charge in [0.1, 0.15) is 17.3 Å². The minimum Gasteiger partial charge on any atom is -0.493 e. The molecule has 0 saturated carbocycles. The van der Waals surface area contributed by atoms with Crippen LogP contribution < -0.4 is 28.7 Å². The Labute approximate surface area is 206 Å². The molecule has 4 rings (SSSR count). The Kier molecular flexibility index (Phi) is 6.71. The van der Waals surface area contributed by atoms with Crippen molar-refractivity contribution in [3.63, 3.8) is 0 Å². The number of halogens is 1. The van der Waals surface area contributed by atoms with Gasteiger partial charge in [0.2, 0.25) is 11.7 Å². The molecule has 12 heteroatoms. The number of nitrogens with one attached hydrogen (secondary N) is 1. The average molecular weight is 516 g/mol. The summed E-state index contributed by atoms with van der Waals surface area (Å²) < 4.78 is 56.4. The van der Waals surface area contributed by atoms with E-state index in [9.17, 15) is 22.4 Å². The quantitative estimate of drug-likeness (QED) is 0.511. The van der Waals surface area contributed by atoms with E-state index in [1.54, 1.807) is 6.07 Å². The number of fused-ring (bicyclic) bond motifs is 1. The molecule has 0 atom stereocenters. The molecule has 0 bridgehead atoms. The van der Waals surface area contributed by atoms with Crippen molar-refractivity contribution in [1.29, 1.82) is 0 Å². The average Bonchev–Trinajstić information content (AvgIpc) is 2.87. The third-order valence-corrected chi connectivity index (χ3v) is 7.14. The van der Waals surface area contributed by atoms with Crippen molar-refractivity contribution in [3.05, 3.63) is 66.5 Å². The van der Waals surface area contributed by atoms with Crippen LogP contribution in [0.15, 0.2) is 65.6 Å². The minimum absolute atomic E-state index is 0.0425. The van der Waals surface area contributed by atoms with Gasteiger partial charge in [-0.3, -0.25) is 9.69 Å². The summed E-state index contributed by atoms with van der Waals surface area (Å²) in [4.78, 5) is 27.3. The number of benzene rings is 3. The van der Waals surface area contributed by atoms with E-state index in [1.807, 2.05) is 0 Å². The number of hydrogen-bond acceptors (Lipinski definition) is 7. The number of ether oxygens (including phenoxy) is 3. The lowest BCUT2D eigenvalue weighted by Crippen LogP contribution is -2.53. The fourth-order valence-electron chi connectivity index (χ4n) is 3.79. The molecule has 0 radical (unpaired) electrons. The van der Waals surface area contributed by atoms with E-state index in [0.29, 0.717) is 27.2 Å². The van der Waals surface area contributed by atoms with E-state index in [-0.39, 0.29) is 16.3 Å². The van der Waals surface area contributed by atoms with Crippen LogP contribution in [0.25, 0.3) is 0 Å². The number of hydrogen-bond donors (Lipinski definition) is 1. The van der Waals surface area contributed by atoms with Gasteiger partial charge in [-0.2, -0.15) is 4.31 Å². The summed E-state index contributed by atoms with van der Waals surface area (Å²) in [5.41, 5.74) is 0.280. The molecule has 0 saturated heterocycles. The number of carbonyl (C=O) groups excluding carboxylic acids is 2. The largest absolute Gasteiger partial charge is 0.493 e. The summed E-state index contributed by atoms with van der Waals surface area (Å²) in [5, 5.41) is 2.66. The van der Waals surface area contributed by atoms with Gasteiger partial charge in [0.25, 0.3) is 10.0 Å². The summed E-state index contributed by atoms with van der Waals surface area (Å²) in [5.74, 6) is -0.271. The molecule has 0 aliphatic carbocycles. The van der Waals surface area contributed by atoms with Gasteiger partial charge in [-0.05, 0) is 36.4 Å². The number of urea groups is 1. The number of carbonyl (C=O) groups is 2. The molecule has 0 unspecified atom stereocenters. The number of para-hydroxylation sites is 1. The highest BCUT2D eigenvalue weighted by Crippen LogP contribution is 2.40. The smallest absolute Gasteiger partial charge is 0.343 e. The fourth-order valence-corrected chi connectivity index (χ4v) is 5.38. The highest BCUT2D eigenvalue weighted by atomic mass is 32.2. The van der Waals surface area contributed by atoms with Gasteiger partial charge in [0.15, 0.2) is 11.5 Å². The minimum atomic E-state index is -4.31. The van der Waals surface area contributed by atoms with Crippen LogP contribution in [-0.4, -0.2) is 48.2 Å². The van der Waals surface area contributed by atoms with Crippen LogP contribution in [0.1, 0.15) is 0 Å². The van der Waals surface area contributed by atoms with Crippen molar-refractivity contribution < 1.29 is 36.6 Å². The number of nitrogens with zero attached hydrogens (tertiary/aromatic N) is 2. The van der Waals surface area contributed by atoms with Crippen LogP contribution in [0.5, 0.6) is 17.2 Å². The summed E-state index contributed by atoms with van der Waals surface area (Å²) in [6.07, 6.45) is 0. The van der Waals surface area contributed by atoms with Crippen molar-refractivity contribution in [2.24, 2.45) is 0 Å². The third-order valence-electron chi connectivity index (χ3n) is 5.39. The van der Waals surface area contributed by atoms with Crippen LogP contribution in [0.2, 0.25) is 0 Å². The van der Waals surface area contributed by atoms with Gasteiger partial charge in [0.05, 0.1) is 32.7 Å². The molecule has 1 N–H and O–H groups in total. The molecule has 0 spiro atoms. The summed E-state index contributed by atoms with van der Waals surface area (Å²) in [7, 11) is -0.0123. The normalized spacial score (nSPS) is 14.2. The number of methoxy groups -OCH3 is 3. The van der Waals surface area contributed by atoms with Crippen LogP contribution in [0.4, 0.5) is 26.2 Å². The lowest BCUT2D eigenvalue weighted by molar-refractivity contribution is -0.114. The molecule has 3 aromatic carbocycles. The van der Waals surface area contributed by atoms with Crippen LogP contribution >= 0.6 is 0 Å². The Morgan fingerprint density at radius 2 is 1.56 bits per heavy atom. The number of anilines is 3. The number of rotatable bonds is 7. The molecule has 0 aromatic heterocycles. The molecule has 36 heavy (non-hydrogen) atoms. The highest BCUT2D eigenvalue weighted by molar-refractivity contribution is 7.94. The van der Waals surface area contributed by atoms with E-state index in [0.717, 1.165) is 17.0 Å². The predicted molar refractivity (Wildman–Crippen MR) is 130 cm³/mol. The standard InChI is InChI=1S/C24H22FN3O7S/c1-33-19-12-16(13-20(34-2)23(19)35-3)26-22(29)14-27-18-6-4-5-7-21(18)36(31,32)28(24(27)30)17-10-8-15(25)9-11-17/h4-13H,14H2,1-3H3,(H,26,29). The van der Waals surface area contributed by atoms with Crippen LogP contribution in [0, 0.1) is 5.82 Å². The molecule has 10 nitrogen and oxygen atoms in total. The molecule has 1 aliphatic rings. The Hall–Kier alpha value is -4.32. The molecular formula is C24H22FN3O7S. The second-order valence-electron chi connectivity index (χ2n) is 7.54. The maximum atomic E-state index is 13.5. The first-order valence-electron chi connectivity index (χ1n) is 10.5. The molecule has 3 aromatic rings. The van der Waals surface area contributed by atoms with Gasteiger partial charge in [0, 0.05) is 17.8 Å². The molecule has 188 valence electrons. The third kappa shape index (κ3) is 4.38. The zero-order valence-corrected chi connectivity index (χ0v) is 20.3. The van der Waals surface area contributed by atoms with Crippen molar-refractivity contribution in [2.45, 2.75) is 4.90 Å². The Balaban J connectivity index is 1.69. The maximum Gasteiger partial charge on any atom is 0.343 e. The number of sulfonamides is 1. The summed E-state index contributed by atoms with van der Waals surface area (Å²) >= 11 is 0. The van der Waals surface area contributed by atoms with E-state index in [4.69, 9.17) is 14.2 Å². The predicted octanol–water partition coefficient (Wildman–Crippen LogP) is 3.63. The highest BCUT2D eigenvalue weighted by Gasteiger charge is 2.43. The Morgan fingerprint density at radius 3 is 2.14 bits per heavy atom. The monoisotopic (exact) mass is 515 g/mol. The first kappa shape index (κ1) is 24.8. The zero-order chi connectivity index (χ0) is 26.0. The Bertz CT molecular complexity index is 1400. The zero-order valence-electron chi connectivity index (χ0n) is 19.5. The topological polar surface area (TPSA) is 114 Å². The maximum absolute atomic E-state index is 13.5. The van der Waals surface area contributed by atoms with Crippen molar-refractivity contribution in [3.8, 4) is 17.2 Å². The van der Waals surface area contributed by atoms with Gasteiger partial charge in [-0.1, -0.05) is 12.1 Å². The molecule has 3 amide bonds. The molecular weight excluding hydrogens is 493 g/mol. The lowest BCUT2D eigenvalue weighted by Gasteiger charge is -2.35. The number of amides is 3. The molecule has 1 aliphatic heterocycles. The lowest BCUT2D eigenvalue weighted by atomic mass is 10.2. The van der Waals surface area contributed by atoms with Gasteiger partial charge in [-0.15, -0.1) is 0 Å². The summed E-state index contributed by atoms with van der Waals surface area (Å²) in [6, 6.07) is 12.3. The first-order valence-corrected chi connectivity index (χ1v) is 12.0. The molecule has 0 fully saturated rings. The fraction of sp³-hybridized carbons (Fsp3) is 0.167. The second kappa shape index (κ2) is 9.74. The van der Waals surface area contributed by atoms with E-state index in [2.05, 4.69) is 5.32 Å². The van der Waals surface area contributed by atoms with Crippen molar-refractivity contribution >= 4 is 39.0 Å². The van der Waals surface area contributed by atoms with E-state index < -0.39 is 34.3 Å². The van der Waals surface area contributed by atoms with Crippen LogP contribution in [0.3, 0.4) is 0 Å². The van der Waals surface area contributed by atoms with Crippen molar-refractivity contribution in [1.82, 2.24) is 0 Å². The second-order valence-corrected chi connectivity index (χ2v) is 9.30.